The van der Waals surface area contributed by atoms with Gasteiger partial charge in [-0.3, -0.25) is 19.4 Å². The minimum Gasteiger partial charge on any atom is -0.325 e. The van der Waals surface area contributed by atoms with E-state index in [2.05, 4.69) is 18.0 Å². The fraction of sp³-hybridized carbons (Fsp3) is 0.156. The Morgan fingerprint density at radius 3 is 2.50 bits per heavy atom. The molecule has 0 aliphatic carbocycles. The van der Waals surface area contributed by atoms with E-state index in [4.69, 9.17) is 4.98 Å². The summed E-state index contributed by atoms with van der Waals surface area (Å²) in [5.41, 5.74) is 5.15. The highest BCUT2D eigenvalue weighted by Gasteiger charge is 2.44. The highest BCUT2D eigenvalue weighted by Crippen LogP contribution is 2.33. The smallest absolute Gasteiger partial charge is 0.257 e. The SMILES string of the molecule is Cc1ccc2nc(-c3ccc(N4C(=O)CC(N(Cc5cccnc5)C(=O)Cc5ccccc5)C4=O)cc3)sc2c1. The molecule has 1 aliphatic heterocycles. The van der Waals surface area contributed by atoms with Crippen molar-refractivity contribution in [3.63, 3.8) is 0 Å². The molecule has 1 atom stereocenters. The molecule has 0 saturated carbocycles. The second-order valence-electron chi connectivity index (χ2n) is 9.87. The second-order valence-corrected chi connectivity index (χ2v) is 10.9. The molecule has 1 aliphatic rings. The molecule has 1 unspecified atom stereocenters. The molecule has 198 valence electrons. The zero-order valence-corrected chi connectivity index (χ0v) is 22.7. The molecule has 1 saturated heterocycles. The standard InChI is InChI=1S/C32H26N4O3S/c1-21-9-14-26-28(16-21)40-31(34-26)24-10-12-25(13-11-24)36-30(38)18-27(32(36)39)35(20-23-8-5-15-33-19-23)29(37)17-22-6-3-2-4-7-22/h2-16,19,27H,17-18,20H2,1H3. The topological polar surface area (TPSA) is 83.5 Å². The number of hydrogen-bond donors (Lipinski definition) is 0. The Kier molecular flexibility index (Phi) is 6.92. The van der Waals surface area contributed by atoms with Crippen molar-refractivity contribution in [3.05, 3.63) is 114 Å². The van der Waals surface area contributed by atoms with Crippen LogP contribution < -0.4 is 4.90 Å². The van der Waals surface area contributed by atoms with Gasteiger partial charge >= 0.3 is 0 Å². The Balaban J connectivity index is 1.25. The molecular weight excluding hydrogens is 520 g/mol. The third-order valence-electron chi connectivity index (χ3n) is 7.01. The second kappa shape index (κ2) is 10.8. The van der Waals surface area contributed by atoms with Crippen LogP contribution in [0.3, 0.4) is 0 Å². The summed E-state index contributed by atoms with van der Waals surface area (Å²) in [5.74, 6) is -0.954. The molecular formula is C32H26N4O3S. The van der Waals surface area contributed by atoms with E-state index < -0.39 is 11.9 Å². The quantitative estimate of drug-likeness (QED) is 0.249. The Morgan fingerprint density at radius 2 is 1.75 bits per heavy atom. The van der Waals surface area contributed by atoms with Crippen molar-refractivity contribution >= 4 is 45.0 Å². The highest BCUT2D eigenvalue weighted by atomic mass is 32.1. The average Bonchev–Trinajstić information content (AvgIpc) is 3.52. The lowest BCUT2D eigenvalue weighted by molar-refractivity contribution is -0.138. The van der Waals surface area contributed by atoms with E-state index in [1.807, 2.05) is 60.7 Å². The Morgan fingerprint density at radius 1 is 0.975 bits per heavy atom. The summed E-state index contributed by atoms with van der Waals surface area (Å²) in [7, 11) is 0. The van der Waals surface area contributed by atoms with Crippen molar-refractivity contribution in [2.75, 3.05) is 4.90 Å². The largest absolute Gasteiger partial charge is 0.325 e. The van der Waals surface area contributed by atoms with Gasteiger partial charge in [-0.15, -0.1) is 11.3 Å². The number of carbonyl (C=O) groups excluding carboxylic acids is 3. The van der Waals surface area contributed by atoms with E-state index >= 15 is 0 Å². The average molecular weight is 547 g/mol. The van der Waals surface area contributed by atoms with Crippen LogP contribution >= 0.6 is 11.3 Å². The molecule has 5 aromatic rings. The summed E-state index contributed by atoms with van der Waals surface area (Å²) in [6.07, 6.45) is 3.39. The van der Waals surface area contributed by atoms with Crippen LogP contribution in [0.15, 0.2) is 97.3 Å². The van der Waals surface area contributed by atoms with E-state index in [9.17, 15) is 14.4 Å². The first-order valence-electron chi connectivity index (χ1n) is 13.0. The van der Waals surface area contributed by atoms with E-state index in [-0.39, 0.29) is 31.2 Å². The molecule has 3 heterocycles. The Bertz CT molecular complexity index is 1700. The summed E-state index contributed by atoms with van der Waals surface area (Å²) in [6.45, 7) is 2.24. The maximum atomic E-state index is 13.7. The zero-order valence-electron chi connectivity index (χ0n) is 21.9. The number of aromatic nitrogens is 2. The van der Waals surface area contributed by atoms with Crippen molar-refractivity contribution in [1.29, 1.82) is 0 Å². The van der Waals surface area contributed by atoms with Crippen molar-refractivity contribution in [3.8, 4) is 10.6 Å². The van der Waals surface area contributed by atoms with E-state index in [0.717, 1.165) is 31.9 Å². The van der Waals surface area contributed by atoms with Crippen molar-refractivity contribution in [2.24, 2.45) is 0 Å². The minimum atomic E-state index is -0.893. The van der Waals surface area contributed by atoms with Crippen LogP contribution in [0.25, 0.3) is 20.8 Å². The molecule has 3 amide bonds. The fourth-order valence-electron chi connectivity index (χ4n) is 4.97. The normalized spacial score (nSPS) is 15.1. The molecule has 1 fully saturated rings. The summed E-state index contributed by atoms with van der Waals surface area (Å²) < 4.78 is 1.11. The molecule has 2 aromatic heterocycles. The van der Waals surface area contributed by atoms with E-state index in [1.165, 1.54) is 15.4 Å². The van der Waals surface area contributed by atoms with E-state index in [0.29, 0.717) is 5.69 Å². The number of rotatable bonds is 7. The Hall–Kier alpha value is -4.69. The lowest BCUT2D eigenvalue weighted by atomic mass is 10.1. The van der Waals surface area contributed by atoms with Crippen LogP contribution in [0.2, 0.25) is 0 Å². The van der Waals surface area contributed by atoms with Gasteiger partial charge in [-0.05, 0) is 66.1 Å². The highest BCUT2D eigenvalue weighted by molar-refractivity contribution is 7.21. The van der Waals surface area contributed by atoms with Gasteiger partial charge in [0, 0.05) is 24.5 Å². The van der Waals surface area contributed by atoms with Crippen LogP contribution in [0, 0.1) is 6.92 Å². The van der Waals surface area contributed by atoms with Gasteiger partial charge in [-0.1, -0.05) is 42.5 Å². The van der Waals surface area contributed by atoms with Crippen molar-refractivity contribution in [1.82, 2.24) is 14.9 Å². The number of carbonyl (C=O) groups is 3. The fourth-order valence-corrected chi connectivity index (χ4v) is 6.04. The number of fused-ring (bicyclic) bond motifs is 1. The summed E-state index contributed by atoms with van der Waals surface area (Å²) in [4.78, 5) is 52.0. The maximum Gasteiger partial charge on any atom is 0.257 e. The van der Waals surface area contributed by atoms with Crippen LogP contribution in [0.5, 0.6) is 0 Å². The molecule has 8 heteroatoms. The molecule has 0 radical (unpaired) electrons. The third-order valence-corrected chi connectivity index (χ3v) is 8.08. The monoisotopic (exact) mass is 546 g/mol. The predicted molar refractivity (Wildman–Crippen MR) is 156 cm³/mol. The van der Waals surface area contributed by atoms with Gasteiger partial charge in [0.2, 0.25) is 11.8 Å². The number of amides is 3. The van der Waals surface area contributed by atoms with Gasteiger partial charge < -0.3 is 4.90 Å². The van der Waals surface area contributed by atoms with E-state index in [1.54, 1.807) is 41.9 Å². The summed E-state index contributed by atoms with van der Waals surface area (Å²) in [5, 5.41) is 0.873. The first kappa shape index (κ1) is 25.6. The number of benzene rings is 3. The first-order valence-corrected chi connectivity index (χ1v) is 13.8. The van der Waals surface area contributed by atoms with Crippen LogP contribution in [0.1, 0.15) is 23.1 Å². The number of nitrogens with zero attached hydrogens (tertiary/aromatic N) is 4. The summed E-state index contributed by atoms with van der Waals surface area (Å²) in [6, 6.07) is 25.6. The predicted octanol–water partition coefficient (Wildman–Crippen LogP) is 5.57. The zero-order chi connectivity index (χ0) is 27.6. The van der Waals surface area contributed by atoms with Gasteiger partial charge in [0.05, 0.1) is 28.7 Å². The molecule has 0 bridgehead atoms. The van der Waals surface area contributed by atoms with Gasteiger partial charge in [0.1, 0.15) is 11.0 Å². The molecule has 3 aromatic carbocycles. The lowest BCUT2D eigenvalue weighted by Gasteiger charge is -2.28. The molecule has 40 heavy (non-hydrogen) atoms. The number of pyridine rings is 1. The van der Waals surface area contributed by atoms with Gasteiger partial charge in [0.25, 0.3) is 5.91 Å². The number of thiazole rings is 1. The number of hydrogen-bond acceptors (Lipinski definition) is 6. The van der Waals surface area contributed by atoms with Crippen LogP contribution in [-0.4, -0.2) is 38.6 Å². The molecule has 6 rings (SSSR count). The lowest BCUT2D eigenvalue weighted by Crippen LogP contribution is -2.45. The molecule has 7 nitrogen and oxygen atoms in total. The minimum absolute atomic E-state index is 0.0708. The van der Waals surface area contributed by atoms with Crippen molar-refractivity contribution < 1.29 is 14.4 Å². The number of imide groups is 1. The molecule has 0 N–H and O–H groups in total. The first-order chi connectivity index (χ1) is 19.5. The molecule has 0 spiro atoms. The van der Waals surface area contributed by atoms with Gasteiger partial charge in [-0.25, -0.2) is 9.88 Å². The van der Waals surface area contributed by atoms with Crippen molar-refractivity contribution in [2.45, 2.75) is 32.4 Å². The number of anilines is 1. The van der Waals surface area contributed by atoms with Crippen LogP contribution in [0.4, 0.5) is 5.69 Å². The number of aryl methyl sites for hydroxylation is 1. The van der Waals surface area contributed by atoms with Crippen LogP contribution in [-0.2, 0) is 27.3 Å². The third kappa shape index (κ3) is 5.13. The van der Waals surface area contributed by atoms with Gasteiger partial charge in [0.15, 0.2) is 0 Å². The van der Waals surface area contributed by atoms with Gasteiger partial charge in [-0.2, -0.15) is 0 Å². The maximum absolute atomic E-state index is 13.7. The Labute approximate surface area is 235 Å². The summed E-state index contributed by atoms with van der Waals surface area (Å²) >= 11 is 1.60.